The molecule has 10 atom stereocenters. The van der Waals surface area contributed by atoms with Crippen LogP contribution < -0.4 is 45.0 Å². The molecule has 0 aromatic rings. The second-order valence-corrected chi connectivity index (χ2v) is 8.88. The highest BCUT2D eigenvalue weighted by molar-refractivity contribution is 5.86. The molecule has 258 valence electrons. The highest BCUT2D eigenvalue weighted by atomic mass is 35.5. The Balaban J connectivity index is -0.000000761. The Hall–Kier alpha value is -0.120. The van der Waals surface area contributed by atoms with Crippen LogP contribution in [0.3, 0.4) is 0 Å². The van der Waals surface area contributed by atoms with E-state index >= 15 is 0 Å². The van der Waals surface area contributed by atoms with Crippen LogP contribution in [0.4, 0.5) is 9.59 Å². The third-order valence-electron chi connectivity index (χ3n) is 6.09. The minimum absolute atomic E-state index is 0. The van der Waals surface area contributed by atoms with E-state index in [1.165, 1.54) is 0 Å². The zero-order valence-electron chi connectivity index (χ0n) is 22.7. The molecule has 2 rings (SSSR count). The van der Waals surface area contributed by atoms with E-state index in [9.17, 15) is 19.8 Å². The third kappa shape index (κ3) is 14.8. The van der Waals surface area contributed by atoms with Crippen LogP contribution in [0.25, 0.3) is 0 Å². The number of carbonyl (C=O) groups excluding carboxylic acids is 2. The molecule has 1 aliphatic carbocycles. The quantitative estimate of drug-likeness (QED) is 0.0987. The highest BCUT2D eigenvalue weighted by Crippen LogP contribution is 2.30. The Kier molecular flexibility index (Phi) is 32.0. The van der Waals surface area contributed by atoms with Crippen LogP contribution in [0.2, 0.25) is 0 Å². The van der Waals surface area contributed by atoms with Gasteiger partial charge in [-0.1, -0.05) is 0 Å². The van der Waals surface area contributed by atoms with Gasteiger partial charge in [-0.05, 0) is 32.4 Å². The van der Waals surface area contributed by atoms with Crippen molar-refractivity contribution in [2.75, 3.05) is 32.7 Å². The zero-order valence-corrected chi connectivity index (χ0v) is 27.6. The number of ether oxygens (including phenoxy) is 4. The number of hydrogen-bond donors (Lipinski definition) is 10. The van der Waals surface area contributed by atoms with Crippen LogP contribution in [0, 0.1) is 0 Å². The number of aliphatic hydroxyl groups is 2. The monoisotopic (exact) mass is 738 g/mol. The Morgan fingerprint density at radius 1 is 0.738 bits per heavy atom. The van der Waals surface area contributed by atoms with Crippen molar-refractivity contribution in [3.8, 4) is 0 Å². The number of halogens is 6. The second-order valence-electron chi connectivity index (χ2n) is 8.88. The summed E-state index contributed by atoms with van der Waals surface area (Å²) in [6.45, 7) is 1.12. The Bertz CT molecular complexity index is 717. The van der Waals surface area contributed by atoms with E-state index in [0.29, 0.717) is 25.9 Å². The lowest BCUT2D eigenvalue weighted by molar-refractivity contribution is -0.287. The van der Waals surface area contributed by atoms with Crippen LogP contribution in [0.15, 0.2) is 0 Å². The van der Waals surface area contributed by atoms with Gasteiger partial charge < -0.3 is 74.2 Å². The average molecular weight is 741 g/mol. The molecule has 0 aromatic carbocycles. The standard InChI is InChI=1S/C20H42N8O8.6ClH/c21-3-1-5-27-19(31)35-16-10(25)7-9(24)15(17(16)36-20(32)28-6-2-4-22)34-18-12(26)14(30)13(29)11(8-23)33-18;;;;;;/h9-18,29-30H,1-8,21-26H2,(H,27,31)(H,28,32);6*1H/t9-,10+,11+,12+,13+,14+,15+,16-,17-,18+;;;;;;/m0....../s1. The summed E-state index contributed by atoms with van der Waals surface area (Å²) in [5, 5.41) is 25.6. The summed E-state index contributed by atoms with van der Waals surface area (Å²) in [6.07, 6.45) is -8.94. The van der Waals surface area contributed by atoms with Crippen LogP contribution in [-0.4, -0.2) is 116 Å². The normalized spacial score (nSPS) is 31.4. The average Bonchev–Trinajstić information content (AvgIpc) is 2.84. The largest absolute Gasteiger partial charge is 0.441 e. The molecule has 22 heteroatoms. The Labute approximate surface area is 282 Å². The molecule has 1 saturated carbocycles. The lowest BCUT2D eigenvalue weighted by Gasteiger charge is -2.47. The zero-order chi connectivity index (χ0) is 26.8. The summed E-state index contributed by atoms with van der Waals surface area (Å²) >= 11 is 0. The lowest BCUT2D eigenvalue weighted by Crippen LogP contribution is -2.68. The van der Waals surface area contributed by atoms with Gasteiger partial charge in [-0.2, -0.15) is 0 Å². The summed E-state index contributed by atoms with van der Waals surface area (Å²) in [4.78, 5) is 24.9. The van der Waals surface area contributed by atoms with Crippen molar-refractivity contribution < 1.29 is 38.7 Å². The van der Waals surface area contributed by atoms with Gasteiger partial charge in [0.2, 0.25) is 0 Å². The van der Waals surface area contributed by atoms with Crippen molar-refractivity contribution in [2.24, 2.45) is 34.4 Å². The summed E-state index contributed by atoms with van der Waals surface area (Å²) in [7, 11) is 0. The molecular formula is C20H48Cl6N8O8. The number of nitrogens with two attached hydrogens (primary N) is 6. The molecule has 1 saturated heterocycles. The number of carbonyl (C=O) groups is 2. The first-order valence-electron chi connectivity index (χ1n) is 12.1. The molecule has 0 aromatic heterocycles. The van der Waals surface area contributed by atoms with Gasteiger partial charge in [-0.15, -0.1) is 74.4 Å². The molecule has 16 N–H and O–H groups in total. The van der Waals surface area contributed by atoms with Gasteiger partial charge in [0, 0.05) is 31.7 Å². The number of aliphatic hydroxyl groups excluding tert-OH is 2. The first-order chi connectivity index (χ1) is 17.1. The van der Waals surface area contributed by atoms with Gasteiger partial charge in [-0.25, -0.2) is 9.59 Å². The maximum Gasteiger partial charge on any atom is 0.407 e. The fraction of sp³-hybridized carbons (Fsp3) is 0.900. The minimum Gasteiger partial charge on any atom is -0.441 e. The van der Waals surface area contributed by atoms with Gasteiger partial charge in [-0.3, -0.25) is 0 Å². The molecule has 16 nitrogen and oxygen atoms in total. The van der Waals surface area contributed by atoms with E-state index in [1.807, 2.05) is 0 Å². The lowest BCUT2D eigenvalue weighted by atomic mass is 9.84. The van der Waals surface area contributed by atoms with Crippen LogP contribution in [0.5, 0.6) is 0 Å². The number of alkyl carbamates (subject to hydrolysis) is 2. The molecule has 0 radical (unpaired) electrons. The molecule has 1 heterocycles. The molecule has 0 spiro atoms. The van der Waals surface area contributed by atoms with E-state index in [2.05, 4.69) is 10.6 Å². The fourth-order valence-corrected chi connectivity index (χ4v) is 4.06. The number of nitrogens with one attached hydrogen (secondary N) is 2. The maximum atomic E-state index is 12.5. The molecule has 0 unspecified atom stereocenters. The molecule has 2 amide bonds. The predicted octanol–water partition coefficient (Wildman–Crippen LogP) is -2.42. The van der Waals surface area contributed by atoms with Gasteiger partial charge in [0.15, 0.2) is 18.5 Å². The van der Waals surface area contributed by atoms with E-state index < -0.39 is 73.2 Å². The molecule has 42 heavy (non-hydrogen) atoms. The van der Waals surface area contributed by atoms with E-state index in [-0.39, 0.29) is 100 Å². The number of amides is 2. The van der Waals surface area contributed by atoms with Gasteiger partial charge in [0.05, 0.1) is 6.04 Å². The predicted molar refractivity (Wildman–Crippen MR) is 171 cm³/mol. The first-order valence-corrected chi connectivity index (χ1v) is 12.1. The van der Waals surface area contributed by atoms with Gasteiger partial charge >= 0.3 is 12.2 Å². The molecule has 0 bridgehead atoms. The SMILES string of the molecule is Cl.Cl.Cl.Cl.Cl.Cl.NCCCNC(=O)O[C@@H]1[C@@H](OC(=O)NCCCN)[C@H](N)C[C@H](N)[C@H]1O[C@H]1O[C@H](CN)[C@@H](O)[C@H](O)[C@H]1N. The second kappa shape index (κ2) is 26.1. The van der Waals surface area contributed by atoms with Crippen LogP contribution in [0.1, 0.15) is 19.3 Å². The van der Waals surface area contributed by atoms with Gasteiger partial charge in [0.1, 0.15) is 24.4 Å². The van der Waals surface area contributed by atoms with E-state index in [1.54, 1.807) is 0 Å². The maximum absolute atomic E-state index is 12.5. The summed E-state index contributed by atoms with van der Waals surface area (Å²) in [5.41, 5.74) is 35.1. The summed E-state index contributed by atoms with van der Waals surface area (Å²) in [5.74, 6) is 0. The summed E-state index contributed by atoms with van der Waals surface area (Å²) < 4.78 is 22.7. The Morgan fingerprint density at radius 2 is 1.19 bits per heavy atom. The Morgan fingerprint density at radius 3 is 1.64 bits per heavy atom. The van der Waals surface area contributed by atoms with Crippen molar-refractivity contribution in [3.63, 3.8) is 0 Å². The van der Waals surface area contributed by atoms with Crippen LogP contribution >= 0.6 is 74.4 Å². The van der Waals surface area contributed by atoms with Crippen molar-refractivity contribution in [1.82, 2.24) is 10.6 Å². The van der Waals surface area contributed by atoms with Crippen molar-refractivity contribution in [2.45, 2.75) is 80.3 Å². The topological polar surface area (TPSA) is 292 Å². The van der Waals surface area contributed by atoms with Crippen molar-refractivity contribution in [3.05, 3.63) is 0 Å². The number of hydrogen-bond acceptors (Lipinski definition) is 14. The van der Waals surface area contributed by atoms with Crippen molar-refractivity contribution in [1.29, 1.82) is 0 Å². The minimum atomic E-state index is -1.40. The molecular weight excluding hydrogens is 693 g/mol. The van der Waals surface area contributed by atoms with E-state index in [0.717, 1.165) is 0 Å². The first kappa shape index (κ1) is 51.5. The smallest absolute Gasteiger partial charge is 0.407 e. The van der Waals surface area contributed by atoms with Crippen molar-refractivity contribution >= 4 is 86.6 Å². The number of rotatable bonds is 11. The molecule has 2 aliphatic rings. The summed E-state index contributed by atoms with van der Waals surface area (Å²) in [6, 6.07) is -2.77. The third-order valence-corrected chi connectivity index (χ3v) is 6.09. The van der Waals surface area contributed by atoms with Gasteiger partial charge in [0.25, 0.3) is 0 Å². The molecule has 2 fully saturated rings. The van der Waals surface area contributed by atoms with Crippen LogP contribution in [-0.2, 0) is 18.9 Å². The molecule has 1 aliphatic heterocycles. The fourth-order valence-electron chi connectivity index (χ4n) is 4.06. The highest BCUT2D eigenvalue weighted by Gasteiger charge is 2.51. The van der Waals surface area contributed by atoms with E-state index in [4.69, 9.17) is 53.3 Å².